The van der Waals surface area contributed by atoms with E-state index in [2.05, 4.69) is 25.3 Å². The van der Waals surface area contributed by atoms with Gasteiger partial charge in [0.25, 0.3) is 11.1 Å². The summed E-state index contributed by atoms with van der Waals surface area (Å²) in [5, 5.41) is 4.81. The highest BCUT2D eigenvalue weighted by atomic mass is 35.5. The molecule has 4 fully saturated rings. The lowest BCUT2D eigenvalue weighted by Crippen LogP contribution is -2.47. The number of carbonyl (C=O) groups is 4. The van der Waals surface area contributed by atoms with Gasteiger partial charge in [0, 0.05) is 76.3 Å². The molecule has 8 heterocycles. The van der Waals surface area contributed by atoms with Gasteiger partial charge in [0.15, 0.2) is 0 Å². The van der Waals surface area contributed by atoms with E-state index in [-0.39, 0.29) is 77.8 Å². The first-order chi connectivity index (χ1) is 44.6. The number of nitrogens with two attached hydrogens (primary N) is 1. The van der Waals surface area contributed by atoms with Gasteiger partial charge in [0.2, 0.25) is 0 Å². The predicted octanol–water partition coefficient (Wildman–Crippen LogP) is 12.9. The Hall–Kier alpha value is -8.45. The first-order valence-electron chi connectivity index (χ1n) is 31.6. The number of likely N-dealkylation sites (tertiary alicyclic amines) is 4. The summed E-state index contributed by atoms with van der Waals surface area (Å²) in [7, 11) is 0. The maximum absolute atomic E-state index is 13.8. The number of benzene rings is 4. The number of rotatable bonds is 10. The third-order valence-electron chi connectivity index (χ3n) is 16.1. The maximum Gasteiger partial charge on any atom is 0.410 e. The molecule has 0 bridgehead atoms. The highest BCUT2D eigenvalue weighted by Gasteiger charge is 2.33. The van der Waals surface area contributed by atoms with Crippen molar-refractivity contribution in [2.45, 2.75) is 141 Å². The summed E-state index contributed by atoms with van der Waals surface area (Å²) < 4.78 is 23.8. The number of hydrogen-bond donors (Lipinski definition) is 4. The lowest BCUT2D eigenvalue weighted by molar-refractivity contribution is 0.0193. The fraction of sp³-hybridized carbons (Fsp3) is 0.441. The largest absolute Gasteiger partial charge is 0.445 e. The third-order valence-corrected chi connectivity index (χ3v) is 18.4. The molecule has 0 aliphatic carbocycles. The lowest BCUT2D eigenvalue weighted by Gasteiger charge is -2.35. The molecule has 4 saturated heterocycles. The number of amides is 4. The summed E-state index contributed by atoms with van der Waals surface area (Å²) >= 11 is 9.31. The van der Waals surface area contributed by atoms with Gasteiger partial charge in [-0.25, -0.2) is 39.1 Å². The maximum atomic E-state index is 13.8. The molecule has 5 N–H and O–H groups in total. The Bertz CT molecular complexity index is 3920. The smallest absolute Gasteiger partial charge is 0.410 e. The topological polar surface area (TPSA) is 273 Å². The molecule has 8 aromatic rings. The minimum Gasteiger partial charge on any atom is -0.445 e. The Morgan fingerprint density at radius 2 is 0.968 bits per heavy atom. The van der Waals surface area contributed by atoms with Crippen LogP contribution >= 0.6 is 34.3 Å². The van der Waals surface area contributed by atoms with Crippen LogP contribution in [-0.2, 0) is 32.2 Å². The van der Waals surface area contributed by atoms with Gasteiger partial charge >= 0.3 is 24.4 Å². The molecule has 0 radical (unpaired) electrons. The number of aromatic amines is 2. The average Bonchev–Trinajstić information content (AvgIpc) is 1.84. The van der Waals surface area contributed by atoms with E-state index >= 15 is 0 Å². The molecule has 492 valence electrons. The molecule has 4 aromatic heterocycles. The van der Waals surface area contributed by atoms with E-state index in [1.165, 1.54) is 22.7 Å². The molecule has 4 aliphatic heterocycles. The van der Waals surface area contributed by atoms with Crippen molar-refractivity contribution in [2.24, 2.45) is 5.73 Å². The van der Waals surface area contributed by atoms with E-state index in [4.69, 9.17) is 46.3 Å². The lowest BCUT2D eigenvalue weighted by atomic mass is 9.96. The summed E-state index contributed by atoms with van der Waals surface area (Å²) in [6.45, 7) is 16.1. The Morgan fingerprint density at radius 3 is 1.43 bits per heavy atom. The highest BCUT2D eigenvalue weighted by molar-refractivity contribution is 7.22. The number of halogens is 1. The van der Waals surface area contributed by atoms with E-state index in [0.29, 0.717) is 110 Å². The number of ether oxygens (including phenoxy) is 4. The first-order valence-corrected chi connectivity index (χ1v) is 33.7. The molecule has 0 spiro atoms. The molecule has 12 rings (SSSR count). The van der Waals surface area contributed by atoms with Gasteiger partial charge in [-0.05, 0) is 128 Å². The standard InChI is InChI=1S/C34H40N6O5S.C24H21ClN4O3S.C10H20N2O2/c1-34(2,3)45-33(43)40-17-9-12-24(20-40)35-29-27(31-36-25-13-7-8-14-26(25)46-31)30(41)38-28(37-29)23-15-18-39(19-16-23)32(42)44-21-22-10-5-4-6-11-22;25-20-19(23-26-17-8-4-5-9-18(17)33-23)22(30)28-21(27-20)16-10-12-29(13-11-16)24(31)32-14-15-6-2-1-3-7-15;1-10(2,3)14-9(13)12-6-4-5-8(11)7-12/h4-8,10-11,13-14,23-24H,9,12,15-21H2,1-3H3,(H2,35,37,38,41);1-9,16H,10-14H2,(H,27,28,30);8H,4-7,11H2,1-3H3/t24-;;8-/m1.1/s1. The second-order valence-electron chi connectivity index (χ2n) is 25.6. The molecule has 4 aliphatic rings. The van der Waals surface area contributed by atoms with Gasteiger partial charge in [-0.1, -0.05) is 96.5 Å². The van der Waals surface area contributed by atoms with Crippen LogP contribution in [0.1, 0.15) is 128 Å². The van der Waals surface area contributed by atoms with Crippen LogP contribution in [0.15, 0.2) is 119 Å². The normalized spacial score (nSPS) is 17.4. The third kappa shape index (κ3) is 18.4. The van der Waals surface area contributed by atoms with Crippen LogP contribution in [0.2, 0.25) is 5.15 Å². The summed E-state index contributed by atoms with van der Waals surface area (Å²) in [4.78, 5) is 108. The van der Waals surface area contributed by atoms with Gasteiger partial charge in [0.05, 0.1) is 20.4 Å². The number of aromatic nitrogens is 6. The van der Waals surface area contributed by atoms with Crippen molar-refractivity contribution < 1.29 is 38.1 Å². The molecule has 0 unspecified atom stereocenters. The molecule has 25 heteroatoms. The fourth-order valence-corrected chi connectivity index (χ4v) is 13.7. The Kier molecular flexibility index (Phi) is 22.1. The van der Waals surface area contributed by atoms with Crippen LogP contribution in [0, 0.1) is 0 Å². The minimum absolute atomic E-state index is 0.0118. The monoisotopic (exact) mass is 1320 g/mol. The van der Waals surface area contributed by atoms with Crippen LogP contribution in [0.3, 0.4) is 0 Å². The van der Waals surface area contributed by atoms with E-state index < -0.39 is 11.2 Å². The second-order valence-corrected chi connectivity index (χ2v) is 28.0. The molecule has 0 saturated carbocycles. The SMILES string of the molecule is CC(C)(C)OC(=O)N1CCC[C@@H](N)C1.CC(C)(C)OC(=O)N1CCC[C@@H](Nc2nc(C3CCN(C(=O)OCc4ccccc4)CC3)[nH]c(=O)c2-c2nc3ccccc3s2)C1.O=C(OCc1ccccc1)N1CCC(c2nc(Cl)c(-c3nc4ccccc4s3)c(=O)[nH]2)CC1. The zero-order chi connectivity index (χ0) is 65.8. The number of hydrogen-bond acceptors (Lipinski definition) is 18. The number of para-hydroxylation sites is 2. The Balaban J connectivity index is 0.000000174. The van der Waals surface area contributed by atoms with Crippen LogP contribution in [0.4, 0.5) is 25.0 Å². The molecule has 2 atom stereocenters. The van der Waals surface area contributed by atoms with Crippen LogP contribution in [0.25, 0.3) is 41.6 Å². The van der Waals surface area contributed by atoms with Crippen molar-refractivity contribution in [1.29, 1.82) is 0 Å². The Labute approximate surface area is 553 Å². The summed E-state index contributed by atoms with van der Waals surface area (Å²) in [6.07, 6.45) is 4.92. The number of anilines is 1. The molecule has 93 heavy (non-hydrogen) atoms. The number of piperidine rings is 4. The van der Waals surface area contributed by atoms with Gasteiger partial charge in [-0.3, -0.25) is 9.59 Å². The average molecular weight is 1330 g/mol. The number of fused-ring (bicyclic) bond motifs is 2. The fourth-order valence-electron chi connectivity index (χ4n) is 11.4. The van der Waals surface area contributed by atoms with Crippen molar-refractivity contribution in [3.63, 3.8) is 0 Å². The number of carbonyl (C=O) groups excluding carboxylic acids is 4. The molecular weight excluding hydrogens is 1240 g/mol. The zero-order valence-electron chi connectivity index (χ0n) is 53.4. The number of nitrogens with zero attached hydrogens (tertiary/aromatic N) is 8. The van der Waals surface area contributed by atoms with Gasteiger partial charge in [-0.15, -0.1) is 22.7 Å². The van der Waals surface area contributed by atoms with E-state index in [0.717, 1.165) is 63.8 Å². The molecule has 4 amide bonds. The first kappa shape index (κ1) is 67.4. The summed E-state index contributed by atoms with van der Waals surface area (Å²) in [5.41, 5.74) is 8.42. The van der Waals surface area contributed by atoms with Crippen molar-refractivity contribution in [2.75, 3.05) is 57.7 Å². The molecule has 22 nitrogen and oxygen atoms in total. The Morgan fingerprint density at radius 1 is 0.538 bits per heavy atom. The number of nitrogens with one attached hydrogen (secondary N) is 3. The zero-order valence-corrected chi connectivity index (χ0v) is 55.8. The summed E-state index contributed by atoms with van der Waals surface area (Å²) in [6, 6.07) is 34.7. The van der Waals surface area contributed by atoms with Crippen molar-refractivity contribution >= 4 is 84.9 Å². The van der Waals surface area contributed by atoms with Gasteiger partial charge < -0.3 is 59.6 Å². The van der Waals surface area contributed by atoms with E-state index in [9.17, 15) is 28.8 Å². The van der Waals surface area contributed by atoms with Crippen molar-refractivity contribution in [3.8, 4) is 21.1 Å². The quantitative estimate of drug-likeness (QED) is 0.0732. The minimum atomic E-state index is -0.588. The molecular formula is C68H81ClN12O10S2. The van der Waals surface area contributed by atoms with Crippen LogP contribution in [-0.4, -0.2) is 150 Å². The van der Waals surface area contributed by atoms with Crippen LogP contribution < -0.4 is 22.2 Å². The highest BCUT2D eigenvalue weighted by Crippen LogP contribution is 2.36. The van der Waals surface area contributed by atoms with Crippen molar-refractivity contribution in [1.82, 2.24) is 49.5 Å². The summed E-state index contributed by atoms with van der Waals surface area (Å²) in [5.74, 6) is 1.55. The van der Waals surface area contributed by atoms with E-state index in [1.807, 2.05) is 151 Å². The molecule has 4 aromatic carbocycles. The van der Waals surface area contributed by atoms with E-state index in [1.54, 1.807) is 19.6 Å². The second kappa shape index (κ2) is 30.5. The van der Waals surface area contributed by atoms with Gasteiger partial charge in [0.1, 0.15) is 68.2 Å². The predicted molar refractivity (Wildman–Crippen MR) is 362 cm³/mol. The van der Waals surface area contributed by atoms with Crippen molar-refractivity contribution in [3.05, 3.63) is 158 Å². The number of H-pyrrole nitrogens is 2. The number of thiazole rings is 2. The van der Waals surface area contributed by atoms with Gasteiger partial charge in [-0.2, -0.15) is 0 Å². The van der Waals surface area contributed by atoms with Crippen LogP contribution in [0.5, 0.6) is 0 Å².